The monoisotopic (exact) mass is 730 g/mol. The lowest BCUT2D eigenvalue weighted by Gasteiger charge is -2.34. The van der Waals surface area contributed by atoms with Crippen LogP contribution in [0.1, 0.15) is 37.1 Å². The van der Waals surface area contributed by atoms with Gasteiger partial charge in [0.2, 0.25) is 12.1 Å². The standard InChI is InChI=1S/C33H37F3N8O8/c1-17(2)20-12-21(24(47)13-23(20)46)29-39-40-32(51)44(29)19-4-3-18(22(34)11-19)14-41-7-9-42(10-8-41)15-27(48)37-26-5-6-43(31(50)38-26)30-33(35,36)28(49)25(16-45)52-30/h3-6,11-13,17,25,28,30,45-47,49H,7-10,14-16H2,1-2H3,(H,40,51)(H,37,38,48,50)/t25-,28-,30?/m1/s1. The number of hydrogen-bond acceptors (Lipinski definition) is 12. The van der Waals surface area contributed by atoms with E-state index in [1.165, 1.54) is 18.2 Å². The summed E-state index contributed by atoms with van der Waals surface area (Å²) in [6, 6.07) is 8.16. The number of anilines is 1. The lowest BCUT2D eigenvalue weighted by Crippen LogP contribution is -2.48. The maximum absolute atomic E-state index is 15.4. The predicted molar refractivity (Wildman–Crippen MR) is 178 cm³/mol. The highest BCUT2D eigenvalue weighted by molar-refractivity contribution is 5.91. The third-order valence-electron chi connectivity index (χ3n) is 9.11. The number of nitrogens with zero attached hydrogens (tertiary/aromatic N) is 6. The van der Waals surface area contributed by atoms with E-state index in [-0.39, 0.29) is 53.4 Å². The zero-order valence-electron chi connectivity index (χ0n) is 28.0. The second-order valence-corrected chi connectivity index (χ2v) is 13.0. The molecule has 6 rings (SSSR count). The maximum atomic E-state index is 15.4. The summed E-state index contributed by atoms with van der Waals surface area (Å²) in [6.45, 7) is 4.90. The Bertz CT molecular complexity index is 2080. The Kier molecular flexibility index (Phi) is 10.2. The van der Waals surface area contributed by atoms with Gasteiger partial charge in [0.1, 0.15) is 29.2 Å². The van der Waals surface area contributed by atoms with Crippen LogP contribution in [0.2, 0.25) is 0 Å². The van der Waals surface area contributed by atoms with Crippen LogP contribution in [0.3, 0.4) is 0 Å². The number of aromatic nitrogens is 5. The van der Waals surface area contributed by atoms with Crippen molar-refractivity contribution in [3.8, 4) is 28.6 Å². The minimum atomic E-state index is -3.87. The number of phenols is 2. The topological polar surface area (TPSA) is 211 Å². The van der Waals surface area contributed by atoms with Gasteiger partial charge in [-0.2, -0.15) is 18.9 Å². The fraction of sp³-hybridized carbons (Fsp3) is 0.424. The first-order chi connectivity index (χ1) is 24.7. The third-order valence-corrected chi connectivity index (χ3v) is 9.11. The van der Waals surface area contributed by atoms with E-state index in [9.17, 15) is 43.6 Å². The number of aliphatic hydroxyl groups is 2. The average molecular weight is 731 g/mol. The number of nitrogens with one attached hydrogen (secondary N) is 2. The zero-order chi connectivity index (χ0) is 37.5. The molecule has 2 aliphatic heterocycles. The molecule has 2 fully saturated rings. The number of amides is 1. The third kappa shape index (κ3) is 7.17. The van der Waals surface area contributed by atoms with E-state index in [0.717, 1.165) is 16.8 Å². The van der Waals surface area contributed by atoms with E-state index in [0.29, 0.717) is 41.9 Å². The number of benzene rings is 2. The number of piperazine rings is 1. The molecule has 1 unspecified atom stereocenters. The summed E-state index contributed by atoms with van der Waals surface area (Å²) in [5.41, 5.74) is -0.552. The molecule has 4 heterocycles. The Labute approximate surface area is 293 Å². The van der Waals surface area contributed by atoms with Crippen LogP contribution < -0.4 is 16.7 Å². The van der Waals surface area contributed by atoms with Crippen LogP contribution in [0, 0.1) is 5.82 Å². The first-order valence-corrected chi connectivity index (χ1v) is 16.4. The molecule has 6 N–H and O–H groups in total. The van der Waals surface area contributed by atoms with Gasteiger partial charge in [0.15, 0.2) is 11.9 Å². The van der Waals surface area contributed by atoms with Crippen LogP contribution in [0.25, 0.3) is 17.1 Å². The number of aromatic hydroxyl groups is 2. The molecule has 278 valence electrons. The Morgan fingerprint density at radius 1 is 1.08 bits per heavy atom. The van der Waals surface area contributed by atoms with Crippen LogP contribution in [0.15, 0.2) is 52.2 Å². The molecule has 19 heteroatoms. The van der Waals surface area contributed by atoms with E-state index >= 15 is 4.39 Å². The molecule has 0 radical (unpaired) electrons. The summed E-state index contributed by atoms with van der Waals surface area (Å²) in [5.74, 6) is -5.58. The lowest BCUT2D eigenvalue weighted by atomic mass is 9.98. The zero-order valence-corrected chi connectivity index (χ0v) is 28.0. The average Bonchev–Trinajstić information content (AvgIpc) is 3.57. The smallest absolute Gasteiger partial charge is 0.351 e. The molecule has 2 aromatic carbocycles. The number of H-pyrrole nitrogens is 1. The minimum absolute atomic E-state index is 0.0397. The highest BCUT2D eigenvalue weighted by atomic mass is 19.3. The molecular formula is C33H37F3N8O8. The Balaban J connectivity index is 1.04. The van der Waals surface area contributed by atoms with Gasteiger partial charge in [-0.15, -0.1) is 0 Å². The number of hydrogen-bond donors (Lipinski definition) is 6. The van der Waals surface area contributed by atoms with Crippen LogP contribution in [-0.2, 0) is 16.1 Å². The number of halogens is 3. The van der Waals surface area contributed by atoms with Crippen molar-refractivity contribution in [1.82, 2.24) is 34.1 Å². The van der Waals surface area contributed by atoms with Crippen molar-refractivity contribution < 1.29 is 43.1 Å². The van der Waals surface area contributed by atoms with Gasteiger partial charge in [-0.3, -0.25) is 19.2 Å². The van der Waals surface area contributed by atoms with E-state index in [2.05, 4.69) is 20.5 Å². The molecule has 2 aromatic heterocycles. The molecule has 2 saturated heterocycles. The molecule has 2 aliphatic rings. The number of alkyl halides is 2. The number of ether oxygens (including phenoxy) is 1. The molecule has 0 bridgehead atoms. The van der Waals surface area contributed by atoms with Gasteiger partial charge in [-0.25, -0.2) is 23.6 Å². The minimum Gasteiger partial charge on any atom is -0.508 e. The van der Waals surface area contributed by atoms with Crippen molar-refractivity contribution >= 4 is 11.7 Å². The highest BCUT2D eigenvalue weighted by Crippen LogP contribution is 2.42. The number of carbonyl (C=O) groups excluding carboxylic acids is 1. The molecule has 1 amide bonds. The van der Waals surface area contributed by atoms with E-state index in [1.807, 2.05) is 23.6 Å². The van der Waals surface area contributed by atoms with Crippen molar-refractivity contribution in [2.45, 2.75) is 50.7 Å². The van der Waals surface area contributed by atoms with Gasteiger partial charge in [0.05, 0.1) is 24.4 Å². The quantitative estimate of drug-likeness (QED) is 0.136. The van der Waals surface area contributed by atoms with Gasteiger partial charge < -0.3 is 30.5 Å². The van der Waals surface area contributed by atoms with Crippen LogP contribution in [-0.4, -0.2) is 118 Å². The fourth-order valence-electron chi connectivity index (χ4n) is 6.27. The molecule has 16 nitrogen and oxygen atoms in total. The Hall–Kier alpha value is -5.08. The molecule has 0 saturated carbocycles. The van der Waals surface area contributed by atoms with Crippen molar-refractivity contribution in [2.75, 3.05) is 44.6 Å². The predicted octanol–water partition coefficient (Wildman–Crippen LogP) is 1.10. The van der Waals surface area contributed by atoms with Crippen molar-refractivity contribution in [3.63, 3.8) is 0 Å². The van der Waals surface area contributed by atoms with Crippen molar-refractivity contribution in [2.24, 2.45) is 0 Å². The SMILES string of the molecule is CC(C)c1cc(-c2n[nH]c(=O)n2-c2ccc(CN3CCN(CC(=O)Nc4ccn(C5O[C@H](CO)[C@@H](O)C5(F)F)c(=O)n4)CC3)c(F)c2)c(O)cc1O. The molecule has 0 aliphatic carbocycles. The summed E-state index contributed by atoms with van der Waals surface area (Å²) < 4.78 is 50.9. The van der Waals surface area contributed by atoms with Crippen LogP contribution in [0.5, 0.6) is 11.5 Å². The molecule has 52 heavy (non-hydrogen) atoms. The number of aliphatic hydroxyl groups excluding tert-OH is 2. The summed E-state index contributed by atoms with van der Waals surface area (Å²) in [5, 5.41) is 48.5. The molecule has 0 spiro atoms. The van der Waals surface area contributed by atoms with Gasteiger partial charge in [-0.05, 0) is 35.7 Å². The van der Waals surface area contributed by atoms with Crippen molar-refractivity contribution in [1.29, 1.82) is 0 Å². The van der Waals surface area contributed by atoms with Crippen molar-refractivity contribution in [3.05, 3.63) is 80.5 Å². The lowest BCUT2D eigenvalue weighted by molar-refractivity contribution is -0.141. The highest BCUT2D eigenvalue weighted by Gasteiger charge is 2.59. The summed E-state index contributed by atoms with van der Waals surface area (Å²) >= 11 is 0. The Morgan fingerprint density at radius 3 is 2.42 bits per heavy atom. The first kappa shape index (κ1) is 36.7. The number of aromatic amines is 1. The van der Waals surface area contributed by atoms with Gasteiger partial charge in [-0.1, -0.05) is 19.9 Å². The van der Waals surface area contributed by atoms with Crippen LogP contribution >= 0.6 is 0 Å². The molecule has 4 aromatic rings. The van der Waals surface area contributed by atoms with Gasteiger partial charge in [0, 0.05) is 50.6 Å². The number of rotatable bonds is 10. The first-order valence-electron chi connectivity index (χ1n) is 16.4. The number of phenolic OH excluding ortho intramolecular Hbond substituents is 2. The van der Waals surface area contributed by atoms with E-state index < -0.39 is 54.1 Å². The van der Waals surface area contributed by atoms with Gasteiger partial charge in [0.25, 0.3) is 0 Å². The molecular weight excluding hydrogens is 693 g/mol. The molecule has 3 atom stereocenters. The largest absolute Gasteiger partial charge is 0.508 e. The second kappa shape index (κ2) is 14.5. The summed E-state index contributed by atoms with van der Waals surface area (Å²) in [4.78, 5) is 45.4. The second-order valence-electron chi connectivity index (χ2n) is 13.0. The normalized spacial score (nSPS) is 20.8. The Morgan fingerprint density at radius 2 is 1.79 bits per heavy atom. The van der Waals surface area contributed by atoms with Crippen LogP contribution in [0.4, 0.5) is 19.0 Å². The van der Waals surface area contributed by atoms with E-state index in [1.54, 1.807) is 12.1 Å². The maximum Gasteiger partial charge on any atom is 0.351 e. The fourth-order valence-corrected chi connectivity index (χ4v) is 6.27. The summed E-state index contributed by atoms with van der Waals surface area (Å²) in [7, 11) is 0. The number of carbonyl (C=O) groups is 1. The van der Waals surface area contributed by atoms with Gasteiger partial charge >= 0.3 is 17.3 Å². The summed E-state index contributed by atoms with van der Waals surface area (Å²) in [6.07, 6.45) is -5.15. The van der Waals surface area contributed by atoms with E-state index in [4.69, 9.17) is 4.74 Å².